The molecule has 0 N–H and O–H groups in total. The summed E-state index contributed by atoms with van der Waals surface area (Å²) in [6.45, 7) is 8.06. The first-order valence-corrected chi connectivity index (χ1v) is 7.04. The van der Waals surface area contributed by atoms with Crippen molar-refractivity contribution in [1.82, 2.24) is 0 Å². The van der Waals surface area contributed by atoms with Gasteiger partial charge in [0.05, 0.1) is 6.61 Å². The summed E-state index contributed by atoms with van der Waals surface area (Å²) in [5.41, 5.74) is 0.625. The van der Waals surface area contributed by atoms with Crippen molar-refractivity contribution in [2.75, 3.05) is 6.61 Å². The lowest BCUT2D eigenvalue weighted by molar-refractivity contribution is -0.117. The quantitative estimate of drug-likeness (QED) is 0.725. The van der Waals surface area contributed by atoms with Gasteiger partial charge >= 0.3 is 0 Å². The second-order valence-electron chi connectivity index (χ2n) is 4.13. The summed E-state index contributed by atoms with van der Waals surface area (Å²) in [7, 11) is 0. The average Bonchev–Trinajstić information content (AvgIpc) is 2.41. The first kappa shape index (κ1) is 17.6. The summed E-state index contributed by atoms with van der Waals surface area (Å²) in [4.78, 5) is 10.8. The van der Waals surface area contributed by atoms with Crippen LogP contribution in [0.15, 0.2) is 18.2 Å². The van der Waals surface area contributed by atoms with Crippen molar-refractivity contribution in [2.45, 2.75) is 53.4 Å². The molecule has 19 heavy (non-hydrogen) atoms. The summed E-state index contributed by atoms with van der Waals surface area (Å²) in [5, 5.41) is 0. The number of hydrogen-bond donors (Lipinski definition) is 0. The van der Waals surface area contributed by atoms with Gasteiger partial charge in [0.2, 0.25) is 0 Å². The SMILES string of the molecule is CC.CCCOc1cccc(CCCC(C)=O)c1F. The molecule has 0 aliphatic carbocycles. The van der Waals surface area contributed by atoms with Crippen LogP contribution in [0.3, 0.4) is 0 Å². The Kier molecular flexibility index (Phi) is 9.77. The molecule has 108 valence electrons. The predicted octanol–water partition coefficient (Wildman–Crippen LogP) is 4.55. The van der Waals surface area contributed by atoms with Crippen LogP contribution in [0, 0.1) is 5.82 Å². The molecule has 2 nitrogen and oxygen atoms in total. The summed E-state index contributed by atoms with van der Waals surface area (Å²) in [5.74, 6) is 0.167. The lowest BCUT2D eigenvalue weighted by Crippen LogP contribution is -2.01. The molecule has 0 aliphatic rings. The Morgan fingerprint density at radius 3 is 2.58 bits per heavy atom. The number of ketones is 1. The van der Waals surface area contributed by atoms with Crippen LogP contribution in [0.4, 0.5) is 4.39 Å². The zero-order valence-corrected chi connectivity index (χ0v) is 12.5. The summed E-state index contributed by atoms with van der Waals surface area (Å²) < 4.78 is 19.2. The van der Waals surface area contributed by atoms with E-state index in [1.54, 1.807) is 25.1 Å². The molecule has 1 aromatic carbocycles. The van der Waals surface area contributed by atoms with Gasteiger partial charge in [0, 0.05) is 6.42 Å². The predicted molar refractivity (Wildman–Crippen MR) is 77.2 cm³/mol. The second-order valence-corrected chi connectivity index (χ2v) is 4.13. The fraction of sp³-hybridized carbons (Fsp3) is 0.562. The molecule has 0 unspecified atom stereocenters. The molecule has 0 aliphatic heterocycles. The molecular formula is C16H25FO2. The second kappa shape index (κ2) is 10.5. The summed E-state index contributed by atoms with van der Waals surface area (Å²) in [6, 6.07) is 5.17. The fourth-order valence-electron chi connectivity index (χ4n) is 1.60. The van der Waals surface area contributed by atoms with Crippen molar-refractivity contribution < 1.29 is 13.9 Å². The first-order valence-electron chi connectivity index (χ1n) is 7.04. The molecule has 0 amide bonds. The minimum atomic E-state index is -0.287. The Hall–Kier alpha value is -1.38. The van der Waals surface area contributed by atoms with E-state index in [-0.39, 0.29) is 11.6 Å². The van der Waals surface area contributed by atoms with Crippen LogP contribution < -0.4 is 4.74 Å². The van der Waals surface area contributed by atoms with Gasteiger partial charge in [0.25, 0.3) is 0 Å². The van der Waals surface area contributed by atoms with E-state index in [0.717, 1.165) is 6.42 Å². The van der Waals surface area contributed by atoms with Crippen LogP contribution in [-0.4, -0.2) is 12.4 Å². The number of carbonyl (C=O) groups is 1. The summed E-state index contributed by atoms with van der Waals surface area (Å²) >= 11 is 0. The Morgan fingerprint density at radius 2 is 2.00 bits per heavy atom. The maximum Gasteiger partial charge on any atom is 0.168 e. The number of benzene rings is 1. The van der Waals surface area contributed by atoms with Gasteiger partial charge in [0.15, 0.2) is 11.6 Å². The highest BCUT2D eigenvalue weighted by atomic mass is 19.1. The van der Waals surface area contributed by atoms with E-state index in [1.165, 1.54) is 0 Å². The molecular weight excluding hydrogens is 243 g/mol. The molecule has 1 aromatic rings. The lowest BCUT2D eigenvalue weighted by atomic mass is 10.1. The molecule has 0 saturated heterocycles. The van der Waals surface area contributed by atoms with E-state index >= 15 is 0 Å². The van der Waals surface area contributed by atoms with Gasteiger partial charge in [-0.1, -0.05) is 32.9 Å². The number of hydrogen-bond acceptors (Lipinski definition) is 2. The normalized spacial score (nSPS) is 9.53. The lowest BCUT2D eigenvalue weighted by Gasteiger charge is -2.09. The smallest absolute Gasteiger partial charge is 0.168 e. The van der Waals surface area contributed by atoms with Crippen molar-refractivity contribution in [2.24, 2.45) is 0 Å². The van der Waals surface area contributed by atoms with E-state index in [9.17, 15) is 9.18 Å². The molecule has 1 rings (SSSR count). The highest BCUT2D eigenvalue weighted by molar-refractivity contribution is 5.75. The Bertz CT molecular complexity index is 375. The molecule has 0 atom stereocenters. The van der Waals surface area contributed by atoms with Crippen LogP contribution in [0.5, 0.6) is 5.75 Å². The van der Waals surface area contributed by atoms with Crippen molar-refractivity contribution in [1.29, 1.82) is 0 Å². The van der Waals surface area contributed by atoms with E-state index in [0.29, 0.717) is 37.2 Å². The number of halogens is 1. The van der Waals surface area contributed by atoms with Gasteiger partial charge in [0.1, 0.15) is 5.78 Å². The van der Waals surface area contributed by atoms with Crippen LogP contribution in [0.1, 0.15) is 52.5 Å². The molecule has 0 fully saturated rings. The standard InChI is InChI=1S/C14H19FO2.C2H6/c1-3-10-17-13-9-5-8-12(14(13)15)7-4-6-11(2)16;1-2/h5,8-9H,3-4,6-7,10H2,1-2H3;1-2H3. The van der Waals surface area contributed by atoms with Crippen LogP contribution in [0.25, 0.3) is 0 Å². The van der Waals surface area contributed by atoms with Crippen molar-refractivity contribution >= 4 is 5.78 Å². The highest BCUT2D eigenvalue weighted by Crippen LogP contribution is 2.22. The van der Waals surface area contributed by atoms with Crippen LogP contribution in [-0.2, 0) is 11.2 Å². The van der Waals surface area contributed by atoms with Gasteiger partial charge in [-0.05, 0) is 37.8 Å². The summed E-state index contributed by atoms with van der Waals surface area (Å²) in [6.07, 6.45) is 2.62. The van der Waals surface area contributed by atoms with E-state index in [1.807, 2.05) is 20.8 Å². The van der Waals surface area contributed by atoms with Crippen molar-refractivity contribution in [3.05, 3.63) is 29.6 Å². The Labute approximate surface area is 116 Å². The fourth-order valence-corrected chi connectivity index (χ4v) is 1.60. The van der Waals surface area contributed by atoms with Crippen molar-refractivity contribution in [3.8, 4) is 5.75 Å². The molecule has 0 saturated carbocycles. The largest absolute Gasteiger partial charge is 0.491 e. The van der Waals surface area contributed by atoms with Gasteiger partial charge in [-0.25, -0.2) is 4.39 Å². The number of ether oxygens (including phenoxy) is 1. The maximum atomic E-state index is 13.9. The molecule has 0 radical (unpaired) electrons. The van der Waals surface area contributed by atoms with E-state index < -0.39 is 0 Å². The minimum Gasteiger partial charge on any atom is -0.491 e. The van der Waals surface area contributed by atoms with Gasteiger partial charge in [-0.3, -0.25) is 0 Å². The number of Topliss-reactive ketones (excluding diaryl/α,β-unsaturated/α-hetero) is 1. The first-order chi connectivity index (χ1) is 9.15. The molecule has 0 bridgehead atoms. The maximum absolute atomic E-state index is 13.9. The van der Waals surface area contributed by atoms with Gasteiger partial charge in [-0.2, -0.15) is 0 Å². The van der Waals surface area contributed by atoms with E-state index in [4.69, 9.17) is 4.74 Å². The third-order valence-corrected chi connectivity index (χ3v) is 2.48. The van der Waals surface area contributed by atoms with E-state index in [2.05, 4.69) is 0 Å². The third kappa shape index (κ3) is 6.94. The molecule has 0 spiro atoms. The molecule has 0 heterocycles. The highest BCUT2D eigenvalue weighted by Gasteiger charge is 2.08. The average molecular weight is 268 g/mol. The molecule has 3 heteroatoms. The van der Waals surface area contributed by atoms with Gasteiger partial charge < -0.3 is 9.53 Å². The number of rotatable bonds is 7. The van der Waals surface area contributed by atoms with Crippen LogP contribution >= 0.6 is 0 Å². The van der Waals surface area contributed by atoms with Gasteiger partial charge in [-0.15, -0.1) is 0 Å². The monoisotopic (exact) mass is 268 g/mol. The zero-order valence-electron chi connectivity index (χ0n) is 12.5. The third-order valence-electron chi connectivity index (χ3n) is 2.48. The molecule has 0 aromatic heterocycles. The number of aryl methyl sites for hydroxylation is 1. The Morgan fingerprint density at radius 1 is 1.32 bits per heavy atom. The zero-order chi connectivity index (χ0) is 14.7. The number of carbonyl (C=O) groups excluding carboxylic acids is 1. The van der Waals surface area contributed by atoms with Crippen LogP contribution in [0.2, 0.25) is 0 Å². The van der Waals surface area contributed by atoms with Crippen molar-refractivity contribution in [3.63, 3.8) is 0 Å². The topological polar surface area (TPSA) is 26.3 Å². The minimum absolute atomic E-state index is 0.142. The Balaban J connectivity index is 0.00000154.